The maximum atomic E-state index is 13.0. The highest BCUT2D eigenvalue weighted by atomic mass is 35.5. The Balaban J connectivity index is 1.47. The van der Waals surface area contributed by atoms with Gasteiger partial charge in [0.1, 0.15) is 17.4 Å². The number of aryl methyl sites for hydroxylation is 2. The number of amides is 1. The average Bonchev–Trinajstić information content (AvgIpc) is 3.09. The molecule has 3 aromatic rings. The van der Waals surface area contributed by atoms with Crippen LogP contribution < -0.4 is 9.64 Å². The van der Waals surface area contributed by atoms with E-state index in [9.17, 15) is 4.79 Å². The van der Waals surface area contributed by atoms with Crippen LogP contribution in [0.3, 0.4) is 0 Å². The summed E-state index contributed by atoms with van der Waals surface area (Å²) < 4.78 is 5.21. The third-order valence-electron chi connectivity index (χ3n) is 6.26. The molecule has 6 nitrogen and oxygen atoms in total. The number of carbonyl (C=O) groups is 1. The van der Waals surface area contributed by atoms with E-state index in [2.05, 4.69) is 9.88 Å². The molecule has 1 aliphatic rings. The maximum Gasteiger partial charge on any atom is 0.227 e. The Morgan fingerprint density at radius 2 is 1.65 bits per heavy atom. The van der Waals surface area contributed by atoms with Crippen molar-refractivity contribution in [2.75, 3.05) is 38.2 Å². The molecule has 1 amide bonds. The van der Waals surface area contributed by atoms with Crippen molar-refractivity contribution in [1.29, 1.82) is 0 Å². The lowest BCUT2D eigenvalue weighted by atomic mass is 10.0. The van der Waals surface area contributed by atoms with Crippen LogP contribution in [0.25, 0.3) is 0 Å². The van der Waals surface area contributed by atoms with Crippen LogP contribution in [0.5, 0.6) is 5.75 Å². The largest absolute Gasteiger partial charge is 0.497 e. The molecule has 1 aliphatic heterocycles. The average molecular weight is 479 g/mol. The molecule has 0 atom stereocenters. The lowest BCUT2D eigenvalue weighted by Crippen LogP contribution is -2.36. The van der Waals surface area contributed by atoms with Gasteiger partial charge in [-0.1, -0.05) is 35.9 Å². The van der Waals surface area contributed by atoms with Crippen LogP contribution in [0.2, 0.25) is 5.02 Å². The molecular formula is C27H31ClN4O2. The number of rotatable bonds is 6. The molecule has 2 aromatic carbocycles. The summed E-state index contributed by atoms with van der Waals surface area (Å²) in [5, 5.41) is 0.729. The van der Waals surface area contributed by atoms with Crippen LogP contribution in [-0.2, 0) is 17.6 Å². The number of carbonyl (C=O) groups excluding carboxylic acids is 1. The van der Waals surface area contributed by atoms with Crippen molar-refractivity contribution < 1.29 is 9.53 Å². The van der Waals surface area contributed by atoms with E-state index in [1.807, 2.05) is 67.3 Å². The van der Waals surface area contributed by atoms with Gasteiger partial charge in [0.05, 0.1) is 13.5 Å². The van der Waals surface area contributed by atoms with Crippen LogP contribution in [0.4, 0.5) is 5.82 Å². The number of hydrogen-bond donors (Lipinski definition) is 0. The second-order valence-electron chi connectivity index (χ2n) is 8.71. The van der Waals surface area contributed by atoms with E-state index >= 15 is 0 Å². The van der Waals surface area contributed by atoms with E-state index in [-0.39, 0.29) is 5.91 Å². The molecule has 7 heteroatoms. The van der Waals surface area contributed by atoms with Crippen LogP contribution in [0.1, 0.15) is 34.6 Å². The summed E-state index contributed by atoms with van der Waals surface area (Å²) >= 11 is 6.07. The molecule has 1 fully saturated rings. The highest BCUT2D eigenvalue weighted by Gasteiger charge is 2.23. The van der Waals surface area contributed by atoms with Crippen molar-refractivity contribution in [3.05, 3.63) is 81.8 Å². The molecule has 0 radical (unpaired) electrons. The highest BCUT2D eigenvalue weighted by molar-refractivity contribution is 6.30. The Morgan fingerprint density at radius 1 is 0.941 bits per heavy atom. The van der Waals surface area contributed by atoms with Crippen molar-refractivity contribution in [2.24, 2.45) is 0 Å². The Kier molecular flexibility index (Phi) is 7.68. The number of ether oxygens (including phenoxy) is 1. The van der Waals surface area contributed by atoms with Gasteiger partial charge in [0.15, 0.2) is 0 Å². The van der Waals surface area contributed by atoms with E-state index in [1.165, 1.54) is 5.56 Å². The van der Waals surface area contributed by atoms with E-state index in [0.717, 1.165) is 71.7 Å². The van der Waals surface area contributed by atoms with Crippen LogP contribution in [0.15, 0.2) is 48.5 Å². The summed E-state index contributed by atoms with van der Waals surface area (Å²) in [5.41, 5.74) is 4.30. The summed E-state index contributed by atoms with van der Waals surface area (Å²) in [4.78, 5) is 26.8. The van der Waals surface area contributed by atoms with Gasteiger partial charge in [-0.2, -0.15) is 0 Å². The lowest BCUT2D eigenvalue weighted by molar-refractivity contribution is -0.130. The molecule has 34 heavy (non-hydrogen) atoms. The zero-order valence-corrected chi connectivity index (χ0v) is 20.8. The van der Waals surface area contributed by atoms with Crippen LogP contribution in [-0.4, -0.2) is 54.1 Å². The summed E-state index contributed by atoms with van der Waals surface area (Å²) in [6.45, 7) is 7.02. The van der Waals surface area contributed by atoms with Gasteiger partial charge in [-0.3, -0.25) is 4.79 Å². The molecule has 0 spiro atoms. The summed E-state index contributed by atoms with van der Waals surface area (Å²) in [5.74, 6) is 2.70. The van der Waals surface area contributed by atoms with E-state index in [0.29, 0.717) is 13.0 Å². The maximum absolute atomic E-state index is 13.0. The summed E-state index contributed by atoms with van der Waals surface area (Å²) in [6, 6.07) is 15.6. The molecule has 0 saturated carbocycles. The molecule has 2 heterocycles. The predicted molar refractivity (Wildman–Crippen MR) is 136 cm³/mol. The first kappa shape index (κ1) is 24.0. The molecule has 0 bridgehead atoms. The van der Waals surface area contributed by atoms with E-state index in [4.69, 9.17) is 21.3 Å². The second kappa shape index (κ2) is 10.9. The minimum absolute atomic E-state index is 0.156. The quantitative estimate of drug-likeness (QED) is 0.517. The van der Waals surface area contributed by atoms with Crippen molar-refractivity contribution in [2.45, 2.75) is 33.1 Å². The lowest BCUT2D eigenvalue weighted by Gasteiger charge is -2.26. The SMILES string of the molecule is COc1ccc(CC(=O)N2CCCN(c3nc(C)nc(C)c3Cc3ccc(Cl)cc3)CC2)cc1. The van der Waals surface area contributed by atoms with Crippen molar-refractivity contribution >= 4 is 23.3 Å². The molecule has 1 saturated heterocycles. The first-order valence-corrected chi connectivity index (χ1v) is 12.0. The molecule has 0 unspecified atom stereocenters. The Morgan fingerprint density at radius 3 is 2.35 bits per heavy atom. The number of aromatic nitrogens is 2. The molecule has 4 rings (SSSR count). The Bertz CT molecular complexity index is 1130. The molecule has 1 aromatic heterocycles. The first-order valence-electron chi connectivity index (χ1n) is 11.7. The topological polar surface area (TPSA) is 58.6 Å². The van der Waals surface area contributed by atoms with Crippen LogP contribution >= 0.6 is 11.6 Å². The number of benzene rings is 2. The van der Waals surface area contributed by atoms with Gasteiger partial charge in [-0.05, 0) is 55.7 Å². The number of methoxy groups -OCH3 is 1. The standard InChI is InChI=1S/C27H31ClN4O2/c1-19-25(17-21-5-9-23(28)10-6-21)27(30-20(2)29-19)32-14-4-13-31(15-16-32)26(33)18-22-7-11-24(34-3)12-8-22/h5-12H,4,13-18H2,1-3H3. The molecular weight excluding hydrogens is 448 g/mol. The summed E-state index contributed by atoms with van der Waals surface area (Å²) in [6.07, 6.45) is 2.05. The fourth-order valence-corrected chi connectivity index (χ4v) is 4.53. The Labute approximate surface area is 206 Å². The number of nitrogens with zero attached hydrogens (tertiary/aromatic N) is 4. The third kappa shape index (κ3) is 5.86. The fraction of sp³-hybridized carbons (Fsp3) is 0.370. The monoisotopic (exact) mass is 478 g/mol. The second-order valence-corrected chi connectivity index (χ2v) is 9.14. The van der Waals surface area contributed by atoms with Gasteiger partial charge in [0, 0.05) is 48.9 Å². The van der Waals surface area contributed by atoms with Crippen molar-refractivity contribution in [3.8, 4) is 5.75 Å². The van der Waals surface area contributed by atoms with Gasteiger partial charge < -0.3 is 14.5 Å². The van der Waals surface area contributed by atoms with Gasteiger partial charge in [-0.15, -0.1) is 0 Å². The number of hydrogen-bond acceptors (Lipinski definition) is 5. The zero-order chi connectivity index (χ0) is 24.1. The third-order valence-corrected chi connectivity index (χ3v) is 6.51. The smallest absolute Gasteiger partial charge is 0.227 e. The van der Waals surface area contributed by atoms with E-state index < -0.39 is 0 Å². The number of anilines is 1. The van der Waals surface area contributed by atoms with Crippen LogP contribution in [0, 0.1) is 13.8 Å². The van der Waals surface area contributed by atoms with Gasteiger partial charge >= 0.3 is 0 Å². The van der Waals surface area contributed by atoms with Gasteiger partial charge in [0.2, 0.25) is 5.91 Å². The number of halogens is 1. The fourth-order valence-electron chi connectivity index (χ4n) is 4.40. The van der Waals surface area contributed by atoms with Crippen molar-refractivity contribution in [1.82, 2.24) is 14.9 Å². The molecule has 0 N–H and O–H groups in total. The van der Waals surface area contributed by atoms with Gasteiger partial charge in [0.25, 0.3) is 0 Å². The summed E-state index contributed by atoms with van der Waals surface area (Å²) in [7, 11) is 1.64. The first-order chi connectivity index (χ1) is 16.4. The minimum atomic E-state index is 0.156. The normalized spacial score (nSPS) is 14.1. The minimum Gasteiger partial charge on any atom is -0.497 e. The molecule has 178 valence electrons. The highest BCUT2D eigenvalue weighted by Crippen LogP contribution is 2.26. The van der Waals surface area contributed by atoms with E-state index in [1.54, 1.807) is 7.11 Å². The zero-order valence-electron chi connectivity index (χ0n) is 20.1. The van der Waals surface area contributed by atoms with Crippen molar-refractivity contribution in [3.63, 3.8) is 0 Å². The van der Waals surface area contributed by atoms with Gasteiger partial charge in [-0.25, -0.2) is 9.97 Å². The molecule has 0 aliphatic carbocycles. The Hall–Kier alpha value is -3.12. The predicted octanol–water partition coefficient (Wildman–Crippen LogP) is 4.63.